The van der Waals surface area contributed by atoms with Gasteiger partial charge in [0.25, 0.3) is 5.91 Å². The van der Waals surface area contributed by atoms with Crippen molar-refractivity contribution in [2.24, 2.45) is 0 Å². The lowest BCUT2D eigenvalue weighted by atomic mass is 10.2. The fourth-order valence-corrected chi connectivity index (χ4v) is 1.68. The number of nitrogens with one attached hydrogen (secondary N) is 2. The van der Waals surface area contributed by atoms with Crippen LogP contribution in [-0.2, 0) is 6.54 Å². The van der Waals surface area contributed by atoms with Gasteiger partial charge in [0.2, 0.25) is 0 Å². The number of amides is 1. The lowest BCUT2D eigenvalue weighted by molar-refractivity contribution is 0.0945. The van der Waals surface area contributed by atoms with Crippen LogP contribution in [0.5, 0.6) is 0 Å². The Kier molecular flexibility index (Phi) is 5.06. The molecule has 5 heteroatoms. The van der Waals surface area contributed by atoms with Crippen LogP contribution in [0.3, 0.4) is 0 Å². The summed E-state index contributed by atoms with van der Waals surface area (Å²) in [5.74, 6) is 0.403. The standard InChI is InChI=1S/C15H18N4O/c1-2-8-17-14-11-16-10-13(19-14)15(20)18-9-12-6-4-3-5-7-12/h3-7,10-11H,2,8-9H2,1H3,(H,17,19)(H,18,20). The second-order valence-electron chi connectivity index (χ2n) is 4.38. The second-order valence-corrected chi connectivity index (χ2v) is 4.38. The molecule has 1 heterocycles. The third-order valence-electron chi connectivity index (χ3n) is 2.72. The minimum atomic E-state index is -0.221. The van der Waals surface area contributed by atoms with Crippen LogP contribution in [0.15, 0.2) is 42.7 Å². The highest BCUT2D eigenvalue weighted by atomic mass is 16.1. The number of hydrogen-bond acceptors (Lipinski definition) is 4. The van der Waals surface area contributed by atoms with Gasteiger partial charge in [-0.1, -0.05) is 37.3 Å². The van der Waals surface area contributed by atoms with E-state index in [2.05, 4.69) is 27.5 Å². The van der Waals surface area contributed by atoms with E-state index in [1.54, 1.807) is 6.20 Å². The summed E-state index contributed by atoms with van der Waals surface area (Å²) >= 11 is 0. The maximum Gasteiger partial charge on any atom is 0.271 e. The van der Waals surface area contributed by atoms with Crippen molar-refractivity contribution in [2.45, 2.75) is 19.9 Å². The zero-order valence-corrected chi connectivity index (χ0v) is 11.5. The van der Waals surface area contributed by atoms with Gasteiger partial charge in [0.1, 0.15) is 11.5 Å². The van der Waals surface area contributed by atoms with Crippen LogP contribution in [0.4, 0.5) is 5.82 Å². The Balaban J connectivity index is 1.95. The molecule has 0 fully saturated rings. The van der Waals surface area contributed by atoms with E-state index in [0.29, 0.717) is 18.1 Å². The Morgan fingerprint density at radius 3 is 2.75 bits per heavy atom. The van der Waals surface area contributed by atoms with E-state index in [1.807, 2.05) is 30.3 Å². The lowest BCUT2D eigenvalue weighted by Crippen LogP contribution is -2.24. The fraction of sp³-hybridized carbons (Fsp3) is 0.267. The van der Waals surface area contributed by atoms with Crippen molar-refractivity contribution < 1.29 is 4.79 Å². The van der Waals surface area contributed by atoms with Crippen molar-refractivity contribution in [1.82, 2.24) is 15.3 Å². The number of nitrogens with zero attached hydrogens (tertiary/aromatic N) is 2. The molecular formula is C15H18N4O. The summed E-state index contributed by atoms with van der Waals surface area (Å²) in [5.41, 5.74) is 1.37. The molecule has 0 spiro atoms. The Morgan fingerprint density at radius 2 is 2.00 bits per heavy atom. The van der Waals surface area contributed by atoms with Crippen LogP contribution in [0.25, 0.3) is 0 Å². The molecule has 0 bridgehead atoms. The van der Waals surface area contributed by atoms with E-state index in [1.165, 1.54) is 6.20 Å². The average molecular weight is 270 g/mol. The number of carbonyl (C=O) groups excluding carboxylic acids is 1. The molecule has 0 aliphatic rings. The number of benzene rings is 1. The Morgan fingerprint density at radius 1 is 1.20 bits per heavy atom. The van der Waals surface area contributed by atoms with Crippen molar-refractivity contribution in [3.05, 3.63) is 54.0 Å². The predicted molar refractivity (Wildman–Crippen MR) is 78.4 cm³/mol. The third kappa shape index (κ3) is 4.05. The predicted octanol–water partition coefficient (Wildman–Crippen LogP) is 2.23. The van der Waals surface area contributed by atoms with E-state index in [-0.39, 0.29) is 5.91 Å². The molecule has 5 nitrogen and oxygen atoms in total. The molecule has 0 aliphatic carbocycles. The molecule has 1 amide bonds. The van der Waals surface area contributed by atoms with Crippen LogP contribution in [0, 0.1) is 0 Å². The van der Waals surface area contributed by atoms with Gasteiger partial charge in [-0.3, -0.25) is 9.78 Å². The molecule has 1 aromatic carbocycles. The monoisotopic (exact) mass is 270 g/mol. The summed E-state index contributed by atoms with van der Waals surface area (Å²) in [6, 6.07) is 9.75. The SMILES string of the molecule is CCCNc1cncc(C(=O)NCc2ccccc2)n1. The summed E-state index contributed by atoms with van der Waals surface area (Å²) in [6.07, 6.45) is 4.08. The minimum absolute atomic E-state index is 0.221. The molecule has 104 valence electrons. The molecule has 0 saturated carbocycles. The first-order chi connectivity index (χ1) is 9.79. The lowest BCUT2D eigenvalue weighted by Gasteiger charge is -2.07. The normalized spacial score (nSPS) is 10.1. The molecule has 20 heavy (non-hydrogen) atoms. The quantitative estimate of drug-likeness (QED) is 0.844. The zero-order valence-electron chi connectivity index (χ0n) is 11.5. The largest absolute Gasteiger partial charge is 0.369 e. The molecule has 2 aromatic rings. The highest BCUT2D eigenvalue weighted by Gasteiger charge is 2.08. The van der Waals surface area contributed by atoms with Crippen LogP contribution >= 0.6 is 0 Å². The molecular weight excluding hydrogens is 252 g/mol. The first-order valence-corrected chi connectivity index (χ1v) is 6.67. The molecule has 0 radical (unpaired) electrons. The minimum Gasteiger partial charge on any atom is -0.369 e. The Bertz CT molecular complexity index is 557. The summed E-state index contributed by atoms with van der Waals surface area (Å²) in [7, 11) is 0. The van der Waals surface area contributed by atoms with Gasteiger partial charge in [0.15, 0.2) is 0 Å². The van der Waals surface area contributed by atoms with Crippen LogP contribution < -0.4 is 10.6 Å². The molecule has 1 aromatic heterocycles. The first kappa shape index (κ1) is 14.0. The summed E-state index contributed by atoms with van der Waals surface area (Å²) in [4.78, 5) is 20.3. The van der Waals surface area contributed by atoms with Crippen molar-refractivity contribution in [3.8, 4) is 0 Å². The topological polar surface area (TPSA) is 66.9 Å². The van der Waals surface area contributed by atoms with Crippen LogP contribution in [-0.4, -0.2) is 22.4 Å². The van der Waals surface area contributed by atoms with Crippen molar-refractivity contribution in [3.63, 3.8) is 0 Å². The van der Waals surface area contributed by atoms with E-state index in [4.69, 9.17) is 0 Å². The van der Waals surface area contributed by atoms with Gasteiger partial charge in [0.05, 0.1) is 12.4 Å². The molecule has 2 N–H and O–H groups in total. The van der Waals surface area contributed by atoms with E-state index in [0.717, 1.165) is 18.5 Å². The molecule has 0 atom stereocenters. The fourth-order valence-electron chi connectivity index (χ4n) is 1.68. The van der Waals surface area contributed by atoms with Gasteiger partial charge < -0.3 is 10.6 Å². The highest BCUT2D eigenvalue weighted by molar-refractivity contribution is 5.92. The maximum absolute atomic E-state index is 12.0. The van der Waals surface area contributed by atoms with Crippen molar-refractivity contribution in [2.75, 3.05) is 11.9 Å². The third-order valence-corrected chi connectivity index (χ3v) is 2.72. The van der Waals surface area contributed by atoms with Crippen LogP contribution in [0.1, 0.15) is 29.4 Å². The number of hydrogen-bond donors (Lipinski definition) is 2. The van der Waals surface area contributed by atoms with Gasteiger partial charge in [-0.15, -0.1) is 0 Å². The van der Waals surface area contributed by atoms with Crippen molar-refractivity contribution in [1.29, 1.82) is 0 Å². The van der Waals surface area contributed by atoms with Gasteiger partial charge in [-0.2, -0.15) is 0 Å². The number of anilines is 1. The molecule has 0 saturated heterocycles. The van der Waals surface area contributed by atoms with E-state index < -0.39 is 0 Å². The number of aromatic nitrogens is 2. The van der Waals surface area contributed by atoms with Gasteiger partial charge >= 0.3 is 0 Å². The highest BCUT2D eigenvalue weighted by Crippen LogP contribution is 2.03. The molecule has 0 aliphatic heterocycles. The van der Waals surface area contributed by atoms with Gasteiger partial charge in [-0.05, 0) is 12.0 Å². The summed E-state index contributed by atoms with van der Waals surface area (Å²) in [5, 5.41) is 5.94. The van der Waals surface area contributed by atoms with Gasteiger partial charge in [0, 0.05) is 13.1 Å². The van der Waals surface area contributed by atoms with E-state index in [9.17, 15) is 4.79 Å². The Hall–Kier alpha value is -2.43. The smallest absolute Gasteiger partial charge is 0.271 e. The number of carbonyl (C=O) groups is 1. The summed E-state index contributed by atoms with van der Waals surface area (Å²) < 4.78 is 0. The van der Waals surface area contributed by atoms with Gasteiger partial charge in [-0.25, -0.2) is 4.98 Å². The molecule has 0 unspecified atom stereocenters. The Labute approximate surface area is 118 Å². The number of rotatable bonds is 6. The van der Waals surface area contributed by atoms with E-state index >= 15 is 0 Å². The summed E-state index contributed by atoms with van der Waals surface area (Å²) in [6.45, 7) is 3.36. The zero-order chi connectivity index (χ0) is 14.2. The second kappa shape index (κ2) is 7.23. The van der Waals surface area contributed by atoms with Crippen LogP contribution in [0.2, 0.25) is 0 Å². The average Bonchev–Trinajstić information content (AvgIpc) is 2.52. The maximum atomic E-state index is 12.0. The first-order valence-electron chi connectivity index (χ1n) is 6.67. The van der Waals surface area contributed by atoms with Crippen molar-refractivity contribution >= 4 is 11.7 Å². The molecule has 2 rings (SSSR count).